The summed E-state index contributed by atoms with van der Waals surface area (Å²) in [7, 11) is 0. The number of carbonyl (C=O) groups is 2. The highest BCUT2D eigenvalue weighted by Crippen LogP contribution is 2.33. The van der Waals surface area contributed by atoms with Crippen LogP contribution in [0.15, 0.2) is 24.3 Å². The van der Waals surface area contributed by atoms with Crippen LogP contribution in [0.4, 0.5) is 13.2 Å². The van der Waals surface area contributed by atoms with Gasteiger partial charge in [-0.05, 0) is 38.3 Å². The Morgan fingerprint density at radius 1 is 1.21 bits per heavy atom. The molecule has 7 heteroatoms. The Hall–Kier alpha value is -2.05. The van der Waals surface area contributed by atoms with Crippen molar-refractivity contribution in [2.45, 2.75) is 51.4 Å². The van der Waals surface area contributed by atoms with Crippen LogP contribution in [-0.4, -0.2) is 28.8 Å². The molecular formula is C17H21F3N2O2. The minimum Gasteiger partial charge on any atom is -0.369 e. The first kappa shape index (κ1) is 18.3. The number of amides is 2. The predicted molar refractivity (Wildman–Crippen MR) is 82.8 cm³/mol. The lowest BCUT2D eigenvalue weighted by Crippen LogP contribution is -2.54. The summed E-state index contributed by atoms with van der Waals surface area (Å²) in [5, 5.41) is 0. The standard InChI is InChI=1S/C17H21F3N2O2/c1-10-7-8-13(16(21)24)11(2)22(10)15(23)9-12-5-3-4-6-14(12)17(18,19)20/h3-6,10-11,13H,7-9H2,1-2H3,(H2,21,24). The summed E-state index contributed by atoms with van der Waals surface area (Å²) in [6.07, 6.45) is -3.67. The SMILES string of the molecule is CC1CCC(C(N)=O)C(C)N1C(=O)Cc1ccccc1C(F)(F)F. The molecule has 132 valence electrons. The van der Waals surface area contributed by atoms with E-state index in [4.69, 9.17) is 5.73 Å². The molecule has 1 heterocycles. The monoisotopic (exact) mass is 342 g/mol. The van der Waals surface area contributed by atoms with Gasteiger partial charge in [0.25, 0.3) is 0 Å². The number of primary amides is 1. The first-order valence-electron chi connectivity index (χ1n) is 7.88. The summed E-state index contributed by atoms with van der Waals surface area (Å²) in [6, 6.07) is 4.50. The van der Waals surface area contributed by atoms with Gasteiger partial charge in [0.05, 0.1) is 17.9 Å². The van der Waals surface area contributed by atoms with Gasteiger partial charge in [-0.1, -0.05) is 18.2 Å². The molecule has 0 spiro atoms. The first-order valence-corrected chi connectivity index (χ1v) is 7.88. The van der Waals surface area contributed by atoms with Crippen LogP contribution in [0.2, 0.25) is 0 Å². The van der Waals surface area contributed by atoms with E-state index >= 15 is 0 Å². The summed E-state index contributed by atoms with van der Waals surface area (Å²) in [4.78, 5) is 25.7. The molecule has 2 amide bonds. The summed E-state index contributed by atoms with van der Waals surface area (Å²) >= 11 is 0. The fourth-order valence-electron chi connectivity index (χ4n) is 3.45. The quantitative estimate of drug-likeness (QED) is 0.918. The molecule has 0 bridgehead atoms. The zero-order valence-corrected chi connectivity index (χ0v) is 13.6. The van der Waals surface area contributed by atoms with Crippen molar-refractivity contribution in [2.75, 3.05) is 0 Å². The van der Waals surface area contributed by atoms with Crippen molar-refractivity contribution in [1.29, 1.82) is 0 Å². The topological polar surface area (TPSA) is 63.4 Å². The normalized spacial score (nSPS) is 24.7. The Labute approximate surface area is 138 Å². The van der Waals surface area contributed by atoms with Crippen LogP contribution in [-0.2, 0) is 22.2 Å². The molecule has 1 aliphatic heterocycles. The van der Waals surface area contributed by atoms with E-state index in [0.717, 1.165) is 6.07 Å². The van der Waals surface area contributed by atoms with Crippen molar-refractivity contribution < 1.29 is 22.8 Å². The Morgan fingerprint density at radius 3 is 2.42 bits per heavy atom. The minimum atomic E-state index is -4.51. The number of nitrogens with zero attached hydrogens (tertiary/aromatic N) is 1. The molecule has 3 unspecified atom stereocenters. The molecule has 0 saturated carbocycles. The molecular weight excluding hydrogens is 321 g/mol. The first-order chi connectivity index (χ1) is 11.1. The minimum absolute atomic E-state index is 0.0596. The third kappa shape index (κ3) is 3.71. The van der Waals surface area contributed by atoms with E-state index in [1.54, 1.807) is 6.92 Å². The molecule has 4 nitrogen and oxygen atoms in total. The largest absolute Gasteiger partial charge is 0.416 e. The summed E-state index contributed by atoms with van der Waals surface area (Å²) in [5.41, 5.74) is 4.51. The Morgan fingerprint density at radius 2 is 1.83 bits per heavy atom. The average Bonchev–Trinajstić information content (AvgIpc) is 2.46. The van der Waals surface area contributed by atoms with Gasteiger partial charge in [0, 0.05) is 12.1 Å². The van der Waals surface area contributed by atoms with Gasteiger partial charge >= 0.3 is 6.18 Å². The second-order valence-corrected chi connectivity index (χ2v) is 6.31. The molecule has 1 fully saturated rings. The maximum Gasteiger partial charge on any atom is 0.416 e. The molecule has 0 aliphatic carbocycles. The van der Waals surface area contributed by atoms with E-state index in [0.29, 0.717) is 12.8 Å². The van der Waals surface area contributed by atoms with Gasteiger partial charge < -0.3 is 10.6 Å². The summed E-state index contributed by atoms with van der Waals surface area (Å²) in [5.74, 6) is -1.37. The zero-order chi connectivity index (χ0) is 18.1. The van der Waals surface area contributed by atoms with Gasteiger partial charge in [-0.15, -0.1) is 0 Å². The number of likely N-dealkylation sites (tertiary alicyclic amines) is 1. The molecule has 1 aliphatic rings. The highest BCUT2D eigenvalue weighted by molar-refractivity contribution is 5.82. The number of nitrogens with two attached hydrogens (primary N) is 1. The van der Waals surface area contributed by atoms with Crippen LogP contribution in [0.3, 0.4) is 0 Å². The summed E-state index contributed by atoms with van der Waals surface area (Å²) in [6.45, 7) is 3.56. The molecule has 2 rings (SSSR count). The van der Waals surface area contributed by atoms with Crippen molar-refractivity contribution >= 4 is 11.8 Å². The molecule has 2 N–H and O–H groups in total. The van der Waals surface area contributed by atoms with E-state index in [9.17, 15) is 22.8 Å². The van der Waals surface area contributed by atoms with Crippen molar-refractivity contribution in [3.8, 4) is 0 Å². The highest BCUT2D eigenvalue weighted by atomic mass is 19.4. The van der Waals surface area contributed by atoms with Crippen molar-refractivity contribution in [2.24, 2.45) is 11.7 Å². The van der Waals surface area contributed by atoms with Crippen molar-refractivity contribution in [1.82, 2.24) is 4.90 Å². The van der Waals surface area contributed by atoms with Crippen LogP contribution < -0.4 is 5.73 Å². The van der Waals surface area contributed by atoms with Gasteiger partial charge in [-0.25, -0.2) is 0 Å². The van der Waals surface area contributed by atoms with E-state index in [-0.39, 0.29) is 18.0 Å². The van der Waals surface area contributed by atoms with Crippen LogP contribution in [0.5, 0.6) is 0 Å². The molecule has 1 aromatic rings. The Balaban J connectivity index is 2.24. The maximum atomic E-state index is 13.1. The third-order valence-electron chi connectivity index (χ3n) is 4.71. The number of halogens is 3. The highest BCUT2D eigenvalue weighted by Gasteiger charge is 2.39. The van der Waals surface area contributed by atoms with E-state index in [1.165, 1.54) is 23.1 Å². The number of piperidine rings is 1. The lowest BCUT2D eigenvalue weighted by molar-refractivity contribution is -0.142. The van der Waals surface area contributed by atoms with Gasteiger partial charge in [-0.3, -0.25) is 9.59 Å². The number of rotatable bonds is 3. The van der Waals surface area contributed by atoms with Gasteiger partial charge in [0.15, 0.2) is 0 Å². The van der Waals surface area contributed by atoms with Crippen LogP contribution in [0.1, 0.15) is 37.8 Å². The molecule has 0 radical (unpaired) electrons. The second kappa shape index (κ2) is 6.83. The van der Waals surface area contributed by atoms with E-state index in [2.05, 4.69) is 0 Å². The maximum absolute atomic E-state index is 13.1. The lowest BCUT2D eigenvalue weighted by Gasteiger charge is -2.43. The molecule has 24 heavy (non-hydrogen) atoms. The fourth-order valence-corrected chi connectivity index (χ4v) is 3.45. The lowest BCUT2D eigenvalue weighted by atomic mass is 9.85. The van der Waals surface area contributed by atoms with E-state index < -0.39 is 35.5 Å². The van der Waals surface area contributed by atoms with Crippen molar-refractivity contribution in [3.05, 3.63) is 35.4 Å². The molecule has 3 atom stereocenters. The number of hydrogen-bond acceptors (Lipinski definition) is 2. The second-order valence-electron chi connectivity index (χ2n) is 6.31. The summed E-state index contributed by atoms with van der Waals surface area (Å²) < 4.78 is 39.2. The number of hydrogen-bond donors (Lipinski definition) is 1. The van der Waals surface area contributed by atoms with Gasteiger partial charge in [0.1, 0.15) is 0 Å². The van der Waals surface area contributed by atoms with Gasteiger partial charge in [-0.2, -0.15) is 13.2 Å². The number of alkyl halides is 3. The zero-order valence-electron chi connectivity index (χ0n) is 13.6. The third-order valence-corrected chi connectivity index (χ3v) is 4.71. The van der Waals surface area contributed by atoms with Gasteiger partial charge in [0.2, 0.25) is 11.8 Å². The smallest absolute Gasteiger partial charge is 0.369 e. The fraction of sp³-hybridized carbons (Fsp3) is 0.529. The molecule has 1 saturated heterocycles. The molecule has 0 aromatic heterocycles. The average molecular weight is 342 g/mol. The molecule has 1 aromatic carbocycles. The predicted octanol–water partition coefficient (Wildman–Crippen LogP) is 2.75. The van der Waals surface area contributed by atoms with E-state index in [1.807, 2.05) is 6.92 Å². The number of carbonyl (C=O) groups excluding carboxylic acids is 2. The van der Waals surface area contributed by atoms with Crippen LogP contribution in [0, 0.1) is 5.92 Å². The van der Waals surface area contributed by atoms with Crippen molar-refractivity contribution in [3.63, 3.8) is 0 Å². The van der Waals surface area contributed by atoms with Crippen LogP contribution in [0.25, 0.3) is 0 Å². The Kier molecular flexibility index (Phi) is 5.20. The Bertz CT molecular complexity index is 631. The number of benzene rings is 1. The van der Waals surface area contributed by atoms with Crippen LogP contribution >= 0.6 is 0 Å².